The van der Waals surface area contributed by atoms with Gasteiger partial charge in [-0.2, -0.15) is 0 Å². The third-order valence-electron chi connectivity index (χ3n) is 3.86. The lowest BCUT2D eigenvalue weighted by Gasteiger charge is -2.26. The minimum Gasteiger partial charge on any atom is -0.478 e. The second kappa shape index (κ2) is 5.83. The summed E-state index contributed by atoms with van der Waals surface area (Å²) in [6.07, 6.45) is 1.13. The first-order valence-corrected chi connectivity index (χ1v) is 8.25. The van der Waals surface area contributed by atoms with Crippen molar-refractivity contribution in [3.63, 3.8) is 0 Å². The summed E-state index contributed by atoms with van der Waals surface area (Å²) < 4.78 is 0. The number of benzene rings is 1. The van der Waals surface area contributed by atoms with Gasteiger partial charge in [0.15, 0.2) is 10.9 Å². The zero-order chi connectivity index (χ0) is 17.5. The van der Waals surface area contributed by atoms with E-state index in [0.717, 1.165) is 11.3 Å². The van der Waals surface area contributed by atoms with Crippen LogP contribution in [0, 0.1) is 5.41 Å². The molecule has 0 spiro atoms. The van der Waals surface area contributed by atoms with E-state index in [0.29, 0.717) is 28.5 Å². The molecule has 1 amide bonds. The maximum absolute atomic E-state index is 12.4. The summed E-state index contributed by atoms with van der Waals surface area (Å²) in [6, 6.07) is 5.97. The Hall–Kier alpha value is -2.54. The Kier molecular flexibility index (Phi) is 3.96. The zero-order valence-electron chi connectivity index (χ0n) is 13.3. The summed E-state index contributed by atoms with van der Waals surface area (Å²) >= 11 is 1.14. The van der Waals surface area contributed by atoms with E-state index in [1.165, 1.54) is 12.1 Å². The van der Waals surface area contributed by atoms with Gasteiger partial charge in [-0.3, -0.25) is 14.9 Å². The minimum atomic E-state index is -1.17. The lowest BCUT2D eigenvalue weighted by atomic mass is 9.78. The molecule has 2 N–H and O–H groups in total. The number of aromatic carboxylic acids is 1. The summed E-state index contributed by atoms with van der Waals surface area (Å²) in [5, 5.41) is 12.1. The van der Waals surface area contributed by atoms with Crippen molar-refractivity contribution in [3.8, 4) is 0 Å². The largest absolute Gasteiger partial charge is 0.478 e. The fourth-order valence-corrected chi connectivity index (χ4v) is 3.72. The summed E-state index contributed by atoms with van der Waals surface area (Å²) in [5.41, 5.74) is 0.538. The van der Waals surface area contributed by atoms with Gasteiger partial charge in [-0.05, 0) is 24.0 Å². The molecule has 1 aliphatic rings. The van der Waals surface area contributed by atoms with Gasteiger partial charge < -0.3 is 5.11 Å². The predicted molar refractivity (Wildman–Crippen MR) is 89.9 cm³/mol. The standard InChI is InChI=1S/C17H16N2O4S/c1-17(2)7-11-13(12(20)8-17)24-16(18-11)19-14(21)9-5-3-4-6-10(9)15(22)23/h3-6H,7-8H2,1-2H3,(H,22,23)(H,18,19,21). The lowest BCUT2D eigenvalue weighted by Crippen LogP contribution is -2.26. The number of hydrogen-bond donors (Lipinski definition) is 2. The van der Waals surface area contributed by atoms with E-state index in [1.54, 1.807) is 12.1 Å². The molecule has 0 saturated heterocycles. The zero-order valence-corrected chi connectivity index (χ0v) is 14.1. The third kappa shape index (κ3) is 3.07. The molecule has 1 aliphatic carbocycles. The molecule has 0 atom stereocenters. The number of carboxylic acids is 1. The number of thiazole rings is 1. The molecular weight excluding hydrogens is 328 g/mol. The number of hydrogen-bond acceptors (Lipinski definition) is 5. The van der Waals surface area contributed by atoms with Crippen LogP contribution in [-0.4, -0.2) is 27.8 Å². The number of aromatic nitrogens is 1. The van der Waals surface area contributed by atoms with Crippen LogP contribution in [0.15, 0.2) is 24.3 Å². The van der Waals surface area contributed by atoms with Crippen molar-refractivity contribution in [1.29, 1.82) is 0 Å². The molecule has 7 heteroatoms. The van der Waals surface area contributed by atoms with Gasteiger partial charge in [-0.15, -0.1) is 0 Å². The number of carbonyl (C=O) groups is 3. The van der Waals surface area contributed by atoms with Crippen LogP contribution in [-0.2, 0) is 6.42 Å². The number of amides is 1. The first kappa shape index (κ1) is 16.3. The van der Waals surface area contributed by atoms with Gasteiger partial charge >= 0.3 is 5.97 Å². The van der Waals surface area contributed by atoms with Crippen molar-refractivity contribution in [1.82, 2.24) is 4.98 Å². The van der Waals surface area contributed by atoms with Gasteiger partial charge in [-0.25, -0.2) is 9.78 Å². The molecule has 1 heterocycles. The third-order valence-corrected chi connectivity index (χ3v) is 4.91. The Labute approximate surface area is 142 Å². The molecule has 0 bridgehead atoms. The molecule has 1 aromatic heterocycles. The normalized spacial score (nSPS) is 15.7. The van der Waals surface area contributed by atoms with Crippen LogP contribution in [0.2, 0.25) is 0 Å². The Bertz CT molecular complexity index is 854. The number of Topliss-reactive ketones (excluding diaryl/α,β-unsaturated/α-hetero) is 1. The van der Waals surface area contributed by atoms with Gasteiger partial charge in [-0.1, -0.05) is 37.3 Å². The van der Waals surface area contributed by atoms with Crippen LogP contribution in [0.3, 0.4) is 0 Å². The average molecular weight is 344 g/mol. The van der Waals surface area contributed by atoms with Crippen LogP contribution in [0.5, 0.6) is 0 Å². The topological polar surface area (TPSA) is 96.4 Å². The number of carboxylic acid groups (broad SMARTS) is 1. The predicted octanol–water partition coefficient (Wildman–Crippen LogP) is 3.25. The highest BCUT2D eigenvalue weighted by Crippen LogP contribution is 2.38. The first-order valence-electron chi connectivity index (χ1n) is 7.43. The molecular formula is C17H16N2O4S. The number of rotatable bonds is 3. The van der Waals surface area contributed by atoms with Crippen LogP contribution in [0.25, 0.3) is 0 Å². The molecule has 3 rings (SSSR count). The maximum Gasteiger partial charge on any atom is 0.336 e. The molecule has 2 aromatic rings. The smallest absolute Gasteiger partial charge is 0.336 e. The summed E-state index contributed by atoms with van der Waals surface area (Å²) in [5.74, 6) is -1.69. The van der Waals surface area contributed by atoms with Crippen LogP contribution in [0.1, 0.15) is 56.3 Å². The van der Waals surface area contributed by atoms with Crippen molar-refractivity contribution in [3.05, 3.63) is 46.0 Å². The average Bonchev–Trinajstić information content (AvgIpc) is 2.88. The van der Waals surface area contributed by atoms with Gasteiger partial charge in [0.2, 0.25) is 0 Å². The Morgan fingerprint density at radius 2 is 1.88 bits per heavy atom. The van der Waals surface area contributed by atoms with Gasteiger partial charge in [0.05, 0.1) is 21.7 Å². The van der Waals surface area contributed by atoms with Gasteiger partial charge in [0.25, 0.3) is 5.91 Å². The quantitative estimate of drug-likeness (QED) is 0.891. The number of fused-ring (bicyclic) bond motifs is 1. The van der Waals surface area contributed by atoms with Crippen LogP contribution < -0.4 is 5.32 Å². The van der Waals surface area contributed by atoms with Crippen LogP contribution in [0.4, 0.5) is 5.13 Å². The van der Waals surface area contributed by atoms with E-state index in [2.05, 4.69) is 10.3 Å². The second-order valence-electron chi connectivity index (χ2n) is 6.54. The maximum atomic E-state index is 12.4. The van der Waals surface area contributed by atoms with Crippen molar-refractivity contribution in [2.24, 2.45) is 5.41 Å². The highest BCUT2D eigenvalue weighted by atomic mass is 32.1. The Balaban J connectivity index is 1.87. The number of anilines is 1. The number of ketones is 1. The molecule has 6 nitrogen and oxygen atoms in total. The summed E-state index contributed by atoms with van der Waals surface area (Å²) in [4.78, 5) is 40.7. The van der Waals surface area contributed by atoms with Crippen molar-refractivity contribution in [2.45, 2.75) is 26.7 Å². The molecule has 1 aromatic carbocycles. The number of carbonyl (C=O) groups excluding carboxylic acids is 2. The van der Waals surface area contributed by atoms with E-state index < -0.39 is 11.9 Å². The molecule has 0 radical (unpaired) electrons. The van der Waals surface area contributed by atoms with Gasteiger partial charge in [0, 0.05) is 6.42 Å². The fourth-order valence-electron chi connectivity index (χ4n) is 2.81. The molecule has 0 saturated carbocycles. The molecule has 0 aliphatic heterocycles. The lowest BCUT2D eigenvalue weighted by molar-refractivity contribution is 0.0692. The fraction of sp³-hybridized carbons (Fsp3) is 0.294. The van der Waals surface area contributed by atoms with Crippen molar-refractivity contribution < 1.29 is 19.5 Å². The van der Waals surface area contributed by atoms with E-state index in [-0.39, 0.29) is 22.3 Å². The molecule has 124 valence electrons. The van der Waals surface area contributed by atoms with Gasteiger partial charge in [0.1, 0.15) is 0 Å². The number of nitrogens with one attached hydrogen (secondary N) is 1. The van der Waals surface area contributed by atoms with Crippen LogP contribution >= 0.6 is 11.3 Å². The first-order chi connectivity index (χ1) is 11.3. The highest BCUT2D eigenvalue weighted by Gasteiger charge is 2.34. The summed E-state index contributed by atoms with van der Waals surface area (Å²) in [7, 11) is 0. The SMILES string of the molecule is CC1(C)CC(=O)c2sc(NC(=O)c3ccccc3C(=O)O)nc2C1. The molecule has 24 heavy (non-hydrogen) atoms. The monoisotopic (exact) mass is 344 g/mol. The summed E-state index contributed by atoms with van der Waals surface area (Å²) in [6.45, 7) is 4.02. The van der Waals surface area contributed by atoms with E-state index in [4.69, 9.17) is 5.11 Å². The van der Waals surface area contributed by atoms with Crippen molar-refractivity contribution in [2.75, 3.05) is 5.32 Å². The molecule has 0 fully saturated rings. The number of nitrogens with zero attached hydrogens (tertiary/aromatic N) is 1. The second-order valence-corrected chi connectivity index (χ2v) is 7.54. The Morgan fingerprint density at radius 3 is 2.54 bits per heavy atom. The minimum absolute atomic E-state index is 0.0326. The Morgan fingerprint density at radius 1 is 1.21 bits per heavy atom. The van der Waals surface area contributed by atoms with E-state index in [1.807, 2.05) is 13.8 Å². The molecule has 0 unspecified atom stereocenters. The van der Waals surface area contributed by atoms with Crippen molar-refractivity contribution >= 4 is 34.1 Å². The van der Waals surface area contributed by atoms with E-state index in [9.17, 15) is 14.4 Å². The van der Waals surface area contributed by atoms with E-state index >= 15 is 0 Å². The highest BCUT2D eigenvalue weighted by molar-refractivity contribution is 7.17.